The van der Waals surface area contributed by atoms with Crippen LogP contribution < -0.4 is 15.9 Å². The van der Waals surface area contributed by atoms with Crippen LogP contribution in [0.3, 0.4) is 0 Å². The molecule has 180 valence electrons. The van der Waals surface area contributed by atoms with E-state index < -0.39 is 0 Å². The second kappa shape index (κ2) is 7.93. The van der Waals surface area contributed by atoms with E-state index in [2.05, 4.69) is 25.2 Å². The standard InChI is InChI=1S/C25H28N8O2/c34-24(26-13-15-5-6-15)23-30-20-21(27-14-28-22(20)33(23)16-7-8-16)31-11-9-17(10-12-31)32-19-4-2-1-3-18(19)29-25(32)35/h1-4,14-17H,5-13H2,(H,26,34)(H,29,35). The molecule has 0 unspecified atom stereocenters. The highest BCUT2D eigenvalue weighted by Gasteiger charge is 2.34. The lowest BCUT2D eigenvalue weighted by Gasteiger charge is -2.33. The minimum atomic E-state index is -0.120. The van der Waals surface area contributed by atoms with Gasteiger partial charge in [-0.05, 0) is 56.6 Å². The summed E-state index contributed by atoms with van der Waals surface area (Å²) in [7, 11) is 0. The number of fused-ring (bicyclic) bond motifs is 2. The Labute approximate surface area is 201 Å². The predicted octanol–water partition coefficient (Wildman–Crippen LogP) is 2.79. The third-order valence-corrected chi connectivity index (χ3v) is 7.57. The monoisotopic (exact) mass is 472 g/mol. The number of amides is 1. The van der Waals surface area contributed by atoms with Gasteiger partial charge in [0.15, 0.2) is 17.0 Å². The van der Waals surface area contributed by atoms with Crippen LogP contribution in [-0.4, -0.2) is 54.6 Å². The lowest BCUT2D eigenvalue weighted by atomic mass is 10.0. The highest BCUT2D eigenvalue weighted by molar-refractivity contribution is 5.96. The van der Waals surface area contributed by atoms with Crippen molar-refractivity contribution >= 4 is 33.9 Å². The first-order valence-electron chi connectivity index (χ1n) is 12.6. The molecule has 0 atom stereocenters. The number of hydrogen-bond acceptors (Lipinski definition) is 6. The fraction of sp³-hybridized carbons (Fsp3) is 0.480. The minimum Gasteiger partial charge on any atom is -0.355 e. The van der Waals surface area contributed by atoms with Gasteiger partial charge in [0.2, 0.25) is 5.82 Å². The molecule has 1 amide bonds. The van der Waals surface area contributed by atoms with Crippen molar-refractivity contribution in [2.24, 2.45) is 5.92 Å². The quantitative estimate of drug-likeness (QED) is 0.446. The van der Waals surface area contributed by atoms with Gasteiger partial charge in [-0.15, -0.1) is 0 Å². The lowest BCUT2D eigenvalue weighted by Crippen LogP contribution is -2.37. The number of benzene rings is 1. The fourth-order valence-corrected chi connectivity index (χ4v) is 5.38. The second-order valence-corrected chi connectivity index (χ2v) is 10.1. The maximum atomic E-state index is 13.0. The van der Waals surface area contributed by atoms with E-state index in [0.29, 0.717) is 23.8 Å². The average molecular weight is 473 g/mol. The summed E-state index contributed by atoms with van der Waals surface area (Å²) in [5.74, 6) is 1.71. The number of aromatic nitrogens is 6. The van der Waals surface area contributed by atoms with Crippen molar-refractivity contribution in [1.29, 1.82) is 0 Å². The molecule has 10 heteroatoms. The van der Waals surface area contributed by atoms with Crippen LogP contribution in [0.1, 0.15) is 61.2 Å². The number of piperidine rings is 1. The van der Waals surface area contributed by atoms with Gasteiger partial charge in [-0.2, -0.15) is 0 Å². The summed E-state index contributed by atoms with van der Waals surface area (Å²) in [4.78, 5) is 44.8. The topological polar surface area (TPSA) is 114 Å². The Morgan fingerprint density at radius 3 is 2.54 bits per heavy atom. The SMILES string of the molecule is O=C(NCC1CC1)c1nc2c(N3CCC(n4c(=O)[nH]c5ccccc54)CC3)ncnc2n1C1CC1. The van der Waals surface area contributed by atoms with E-state index in [1.165, 1.54) is 12.8 Å². The van der Waals surface area contributed by atoms with E-state index in [1.54, 1.807) is 6.33 Å². The van der Waals surface area contributed by atoms with Crippen LogP contribution in [0, 0.1) is 5.92 Å². The zero-order valence-electron chi connectivity index (χ0n) is 19.5. The van der Waals surface area contributed by atoms with Gasteiger partial charge in [-0.3, -0.25) is 9.36 Å². The van der Waals surface area contributed by atoms with E-state index >= 15 is 0 Å². The number of para-hydroxylation sites is 2. The van der Waals surface area contributed by atoms with Crippen LogP contribution in [0.15, 0.2) is 35.4 Å². The summed E-state index contributed by atoms with van der Waals surface area (Å²) < 4.78 is 3.91. The van der Waals surface area contributed by atoms with E-state index in [-0.39, 0.29) is 23.7 Å². The molecule has 4 aromatic rings. The van der Waals surface area contributed by atoms with Crippen LogP contribution in [0.2, 0.25) is 0 Å². The number of nitrogens with zero attached hydrogens (tertiary/aromatic N) is 6. The van der Waals surface area contributed by atoms with Crippen molar-refractivity contribution in [3.05, 3.63) is 46.9 Å². The van der Waals surface area contributed by atoms with Crippen LogP contribution in [0.4, 0.5) is 5.82 Å². The number of anilines is 1. The van der Waals surface area contributed by atoms with Gasteiger partial charge < -0.3 is 19.8 Å². The first-order valence-corrected chi connectivity index (χ1v) is 12.6. The van der Waals surface area contributed by atoms with Gasteiger partial charge in [-0.1, -0.05) is 12.1 Å². The molecule has 3 aromatic heterocycles. The van der Waals surface area contributed by atoms with E-state index in [0.717, 1.165) is 61.3 Å². The second-order valence-electron chi connectivity index (χ2n) is 10.1. The highest BCUT2D eigenvalue weighted by atomic mass is 16.2. The van der Waals surface area contributed by atoms with Gasteiger partial charge in [0.1, 0.15) is 6.33 Å². The molecule has 0 bridgehead atoms. The van der Waals surface area contributed by atoms with E-state index in [4.69, 9.17) is 4.98 Å². The number of aromatic amines is 1. The Morgan fingerprint density at radius 2 is 1.77 bits per heavy atom. The minimum absolute atomic E-state index is 0.0564. The van der Waals surface area contributed by atoms with Crippen molar-refractivity contribution < 1.29 is 4.79 Å². The van der Waals surface area contributed by atoms with Crippen molar-refractivity contribution in [2.45, 2.75) is 50.6 Å². The first-order chi connectivity index (χ1) is 17.2. The van der Waals surface area contributed by atoms with Crippen molar-refractivity contribution in [3.63, 3.8) is 0 Å². The van der Waals surface area contributed by atoms with Gasteiger partial charge in [-0.25, -0.2) is 19.7 Å². The number of imidazole rings is 2. The van der Waals surface area contributed by atoms with E-state index in [1.807, 2.05) is 33.4 Å². The lowest BCUT2D eigenvalue weighted by molar-refractivity contribution is 0.0937. The summed E-state index contributed by atoms with van der Waals surface area (Å²) in [6, 6.07) is 8.24. The fourth-order valence-electron chi connectivity index (χ4n) is 5.38. The van der Waals surface area contributed by atoms with Crippen molar-refractivity contribution in [2.75, 3.05) is 24.5 Å². The Hall–Kier alpha value is -3.69. The third kappa shape index (κ3) is 3.59. The molecule has 3 fully saturated rings. The summed E-state index contributed by atoms with van der Waals surface area (Å²) in [5.41, 5.74) is 3.20. The number of rotatable bonds is 6. The molecule has 4 heterocycles. The summed E-state index contributed by atoms with van der Waals surface area (Å²) in [6.45, 7) is 2.22. The van der Waals surface area contributed by atoms with Crippen LogP contribution in [0.5, 0.6) is 0 Å². The van der Waals surface area contributed by atoms with Crippen LogP contribution in [0.25, 0.3) is 22.2 Å². The molecule has 2 N–H and O–H groups in total. The first kappa shape index (κ1) is 20.7. The smallest absolute Gasteiger partial charge is 0.326 e. The molecule has 10 nitrogen and oxygen atoms in total. The van der Waals surface area contributed by atoms with E-state index in [9.17, 15) is 9.59 Å². The Kier molecular flexibility index (Phi) is 4.68. The maximum Gasteiger partial charge on any atom is 0.326 e. The summed E-state index contributed by atoms with van der Waals surface area (Å²) in [5, 5.41) is 3.07. The molecule has 1 aliphatic heterocycles. The number of carbonyl (C=O) groups is 1. The molecule has 1 aromatic carbocycles. The molecule has 2 saturated carbocycles. The van der Waals surface area contributed by atoms with Crippen molar-refractivity contribution in [1.82, 2.24) is 34.4 Å². The van der Waals surface area contributed by atoms with Gasteiger partial charge in [0, 0.05) is 31.7 Å². The Morgan fingerprint density at radius 1 is 1.00 bits per heavy atom. The number of carbonyl (C=O) groups excluding carboxylic acids is 1. The zero-order valence-corrected chi connectivity index (χ0v) is 19.5. The predicted molar refractivity (Wildman–Crippen MR) is 132 cm³/mol. The summed E-state index contributed by atoms with van der Waals surface area (Å²) in [6.07, 6.45) is 7.69. The molecule has 0 radical (unpaired) electrons. The normalized spacial score (nSPS) is 19.0. The zero-order chi connectivity index (χ0) is 23.5. The summed E-state index contributed by atoms with van der Waals surface area (Å²) >= 11 is 0. The number of hydrogen-bond donors (Lipinski definition) is 2. The Bertz CT molecular complexity index is 1480. The number of nitrogens with one attached hydrogen (secondary N) is 2. The highest BCUT2D eigenvalue weighted by Crippen LogP contribution is 2.40. The Balaban J connectivity index is 1.17. The molecule has 35 heavy (non-hydrogen) atoms. The maximum absolute atomic E-state index is 13.0. The molecule has 3 aliphatic rings. The molecule has 1 saturated heterocycles. The molecular weight excluding hydrogens is 444 g/mol. The van der Waals surface area contributed by atoms with Gasteiger partial charge >= 0.3 is 5.69 Å². The van der Waals surface area contributed by atoms with Gasteiger partial charge in [0.05, 0.1) is 11.0 Å². The van der Waals surface area contributed by atoms with Crippen LogP contribution in [-0.2, 0) is 0 Å². The average Bonchev–Trinajstić information content (AvgIpc) is 3.81. The molecule has 7 rings (SSSR count). The van der Waals surface area contributed by atoms with Gasteiger partial charge in [0.25, 0.3) is 5.91 Å². The third-order valence-electron chi connectivity index (χ3n) is 7.57. The molecular formula is C25H28N8O2. The molecule has 2 aliphatic carbocycles. The van der Waals surface area contributed by atoms with Crippen LogP contribution >= 0.6 is 0 Å². The number of H-pyrrole nitrogens is 1. The largest absolute Gasteiger partial charge is 0.355 e. The molecule has 0 spiro atoms. The van der Waals surface area contributed by atoms with Crippen molar-refractivity contribution in [3.8, 4) is 0 Å².